The number of aliphatic hydroxyl groups is 1. The molecule has 4 aromatic heterocycles. The number of carbonyl (C=O) groups excluding carboxylic acids is 2. The molecule has 0 bridgehead atoms. The molecule has 2 saturated heterocycles. The number of anilines is 2. The lowest BCUT2D eigenvalue weighted by molar-refractivity contribution is -0.0463. The van der Waals surface area contributed by atoms with Crippen LogP contribution in [-0.2, 0) is 43.1 Å². The molecule has 22 nitrogen and oxygen atoms in total. The lowest BCUT2D eigenvalue weighted by Gasteiger charge is -2.44. The summed E-state index contributed by atoms with van der Waals surface area (Å²) < 4.78 is 50.4. The summed E-state index contributed by atoms with van der Waals surface area (Å²) in [4.78, 5) is 55.1. The summed E-state index contributed by atoms with van der Waals surface area (Å²) in [5.74, 6) is -0.290. The number of benzene rings is 5. The predicted molar refractivity (Wildman–Crippen MR) is 368 cm³/mol. The molecule has 2 amide bonds. The fourth-order valence-electron chi connectivity index (χ4n) is 11.2. The maximum Gasteiger partial charge on any atom is 0.256 e. The van der Waals surface area contributed by atoms with Crippen LogP contribution in [-0.4, -0.2) is 129 Å². The van der Waals surface area contributed by atoms with E-state index in [1.54, 1.807) is 65.8 Å². The highest BCUT2D eigenvalue weighted by atomic mass is 32.5. The number of amides is 2. The zero-order valence-electron chi connectivity index (χ0n) is 54.3. The molecule has 6 heterocycles. The van der Waals surface area contributed by atoms with Gasteiger partial charge in [-0.1, -0.05) is 169 Å². The summed E-state index contributed by atoms with van der Waals surface area (Å²) in [7, 11) is -6.47. The average Bonchev–Trinajstić information content (AvgIpc) is 1.45. The smallest absolute Gasteiger partial charge is 0.256 e. The first kappa shape index (κ1) is 67.8. The Labute approximate surface area is 553 Å². The Bertz CT molecular complexity index is 4050. The van der Waals surface area contributed by atoms with E-state index in [1.165, 1.54) is 12.7 Å². The van der Waals surface area contributed by atoms with Crippen LogP contribution >= 0.6 is 7.58 Å². The molecule has 0 radical (unpaired) electrons. The summed E-state index contributed by atoms with van der Waals surface area (Å²) in [5, 5.41) is 30.8. The van der Waals surface area contributed by atoms with Crippen molar-refractivity contribution >= 4 is 80.5 Å². The van der Waals surface area contributed by atoms with Gasteiger partial charge in [-0.05, 0) is 77.2 Å². The summed E-state index contributed by atoms with van der Waals surface area (Å²) in [6.07, 6.45) is 1.06. The first-order valence-electron chi connectivity index (χ1n) is 31.3. The van der Waals surface area contributed by atoms with Crippen LogP contribution < -0.4 is 20.7 Å². The maximum atomic E-state index is 13.7. The number of aromatic nitrogens is 8. The summed E-state index contributed by atoms with van der Waals surface area (Å²) >= 11 is 0. The molecule has 5 N–H and O–H groups in total. The molecule has 94 heavy (non-hydrogen) atoms. The molecule has 2 aliphatic rings. The van der Waals surface area contributed by atoms with Gasteiger partial charge in [-0.15, -0.1) is 0 Å². The van der Waals surface area contributed by atoms with Crippen LogP contribution in [0.25, 0.3) is 22.3 Å². The van der Waals surface area contributed by atoms with Crippen LogP contribution in [0.15, 0.2) is 177 Å². The molecule has 1 unspecified atom stereocenters. The Morgan fingerprint density at radius 2 is 1.02 bits per heavy atom. The average molecular weight is 1340 g/mol. The highest BCUT2D eigenvalue weighted by Gasteiger charge is 2.55. The zero-order valence-corrected chi connectivity index (χ0v) is 58.0. The van der Waals surface area contributed by atoms with Crippen LogP contribution in [0.5, 0.6) is 0 Å². The lowest BCUT2D eigenvalue weighted by Crippen LogP contribution is -2.59. The van der Waals surface area contributed by atoms with E-state index in [0.29, 0.717) is 41.0 Å². The molecule has 0 saturated carbocycles. The van der Waals surface area contributed by atoms with Crippen LogP contribution in [0.2, 0.25) is 36.3 Å². The molecule has 0 spiro atoms. The molecule has 9 atom stereocenters. The molecule has 490 valence electrons. The van der Waals surface area contributed by atoms with E-state index >= 15 is 0 Å². The Morgan fingerprint density at radius 1 is 0.606 bits per heavy atom. The SMILES string of the molecule is CC(C)(C)[Si](C)(C)O[C@@H]1[C@H](NS(OCCC#N)=POC[C@H]2O[C@@H](n3cnc4c(NC(=O)c5ccccc5)ncnc43)[C@H](O[Si](C)(C)C(C)(C)C)[C@@H]2NC(c2ccccc2)(c2ccccc2)c2ccccc2)[C@@H](CO)O[C@H]1n1cnc2c(NC(=O)c3ccccc3)ncnc21. The van der Waals surface area contributed by atoms with E-state index < -0.39 is 88.3 Å². The summed E-state index contributed by atoms with van der Waals surface area (Å²) in [6, 6.07) is 49.5. The second-order valence-electron chi connectivity index (χ2n) is 26.2. The van der Waals surface area contributed by atoms with Gasteiger partial charge in [0.15, 0.2) is 63.1 Å². The van der Waals surface area contributed by atoms with Gasteiger partial charge >= 0.3 is 0 Å². The lowest BCUT2D eigenvalue weighted by atomic mass is 9.76. The Balaban J connectivity index is 1.00. The van der Waals surface area contributed by atoms with Crippen molar-refractivity contribution in [3.63, 3.8) is 0 Å². The molecular formula is C68H80N13O9PSSi2. The van der Waals surface area contributed by atoms with Gasteiger partial charge in [0.25, 0.3) is 11.8 Å². The van der Waals surface area contributed by atoms with E-state index in [4.69, 9.17) is 42.0 Å². The summed E-state index contributed by atoms with van der Waals surface area (Å²) in [5.41, 5.74) is 4.21. The second-order valence-corrected chi connectivity index (χ2v) is 38.6. The molecule has 26 heteroatoms. The monoisotopic (exact) mass is 1340 g/mol. The molecule has 9 aromatic rings. The number of hydrogen-bond acceptors (Lipinski definition) is 17. The number of fused-ring (bicyclic) bond motifs is 2. The third-order valence-electron chi connectivity index (χ3n) is 18.2. The Morgan fingerprint density at radius 3 is 1.44 bits per heavy atom. The van der Waals surface area contributed by atoms with Crippen molar-refractivity contribution in [2.75, 3.05) is 30.5 Å². The number of aliphatic hydroxyl groups excluding tert-OH is 1. The minimum Gasteiger partial charge on any atom is -0.408 e. The van der Waals surface area contributed by atoms with Gasteiger partial charge in [-0.2, -0.15) is 5.26 Å². The second kappa shape index (κ2) is 28.7. The fraction of sp³-hybridized carbons (Fsp3) is 0.368. The molecule has 11 rings (SSSR count). The van der Waals surface area contributed by atoms with Crippen molar-refractivity contribution in [1.82, 2.24) is 49.1 Å². The van der Waals surface area contributed by atoms with E-state index in [2.05, 4.69) is 146 Å². The number of rotatable bonds is 24. The quantitative estimate of drug-likeness (QED) is 0.0163. The first-order chi connectivity index (χ1) is 45.1. The predicted octanol–water partition coefficient (Wildman–Crippen LogP) is 11.8. The van der Waals surface area contributed by atoms with Gasteiger partial charge in [-0.3, -0.25) is 24.0 Å². The Kier molecular flexibility index (Phi) is 20.7. The van der Waals surface area contributed by atoms with Crippen molar-refractivity contribution in [3.05, 3.63) is 205 Å². The summed E-state index contributed by atoms with van der Waals surface area (Å²) in [6.45, 7) is 21.4. The number of carbonyl (C=O) groups is 2. The maximum absolute atomic E-state index is 13.7. The van der Waals surface area contributed by atoms with Crippen molar-refractivity contribution in [2.24, 2.45) is 0 Å². The van der Waals surface area contributed by atoms with Crippen LogP contribution in [0, 0.1) is 11.3 Å². The number of ether oxygens (including phenoxy) is 2. The normalized spacial score (nSPS) is 20.7. The van der Waals surface area contributed by atoms with Crippen LogP contribution in [0.3, 0.4) is 0 Å². The number of nitrogens with zero attached hydrogens (tertiary/aromatic N) is 9. The first-order valence-corrected chi connectivity index (χ1v) is 39.6. The number of nitriles is 1. The minimum absolute atomic E-state index is 0.0324. The molecule has 2 aliphatic heterocycles. The number of hydrogen-bond donors (Lipinski definition) is 5. The van der Waals surface area contributed by atoms with Crippen molar-refractivity contribution in [3.8, 4) is 6.07 Å². The zero-order chi connectivity index (χ0) is 66.4. The largest absolute Gasteiger partial charge is 0.408 e. The fourth-order valence-corrected chi connectivity index (χ4v) is 16.3. The highest BCUT2D eigenvalue weighted by Crippen LogP contribution is 2.47. The number of imidazole rings is 2. The van der Waals surface area contributed by atoms with Crippen molar-refractivity contribution in [2.45, 2.75) is 139 Å². The van der Waals surface area contributed by atoms with Crippen molar-refractivity contribution in [1.29, 1.82) is 5.26 Å². The number of nitrogens with one attached hydrogen (secondary N) is 4. The molecular weight excluding hydrogens is 1260 g/mol. The van der Waals surface area contributed by atoms with E-state index in [0.717, 1.165) is 16.7 Å². The van der Waals surface area contributed by atoms with E-state index in [9.17, 15) is 20.0 Å². The molecule has 5 aromatic carbocycles. The molecule has 2 fully saturated rings. The van der Waals surface area contributed by atoms with E-state index in [-0.39, 0.29) is 53.2 Å². The highest BCUT2D eigenvalue weighted by molar-refractivity contribution is 8.15. The van der Waals surface area contributed by atoms with Gasteiger partial charge in [0.05, 0.1) is 73.1 Å². The van der Waals surface area contributed by atoms with Gasteiger partial charge in [-0.25, -0.2) is 34.6 Å². The topological polar surface area (TPSA) is 269 Å². The van der Waals surface area contributed by atoms with Crippen LogP contribution in [0.4, 0.5) is 11.6 Å². The van der Waals surface area contributed by atoms with Crippen molar-refractivity contribution < 1.29 is 41.7 Å². The standard InChI is InChI=1S/C68H80N13O9PSSi2/c1-66(2,3)93(7,8)89-56-52(78-68(47-31-20-13-21-32-47,48-33-22-14-23-34-48)49-35-24-15-25-36-49)51(88-64(56)80-43-74-54-58(70-41-72-60(54)80)76-62(83)45-27-16-11-17-28-45)40-85-91-92(86-38-26-37-69)79-53-50(39-82)87-65(57(53)90-94(9,10)67(4,5)6)81-44-75-55-59(71-42-73-61(55)81)77-63(84)46-29-18-12-19-30-46/h11-25,27-36,41-44,50-53,56-57,64-65,78-79,82H,26,38-40H2,1-10H3,(H,70,72,76,83)(H,71,73,77,84)/t50-,51-,52-,53-,56-,57-,64-,65-,92?/m1/s1. The minimum atomic E-state index is -2.76. The van der Waals surface area contributed by atoms with Gasteiger partial charge in [0.1, 0.15) is 44.7 Å². The van der Waals surface area contributed by atoms with Gasteiger partial charge in [0.2, 0.25) is 0 Å². The molecule has 0 aliphatic carbocycles. The third kappa shape index (κ3) is 14.3. The van der Waals surface area contributed by atoms with Gasteiger partial charge in [0, 0.05) is 11.1 Å². The van der Waals surface area contributed by atoms with Gasteiger partial charge < -0.3 is 42.8 Å². The third-order valence-corrected chi connectivity index (χ3v) is 29.7. The van der Waals surface area contributed by atoms with E-state index in [1.807, 2.05) is 71.3 Å². The Hall–Kier alpha value is -7.65. The van der Waals surface area contributed by atoms with Crippen LogP contribution in [0.1, 0.15) is 97.8 Å².